The van der Waals surface area contributed by atoms with E-state index in [0.717, 1.165) is 18.2 Å². The first-order valence-corrected chi connectivity index (χ1v) is 10.5. The first-order chi connectivity index (χ1) is 14.0. The van der Waals surface area contributed by atoms with E-state index in [4.69, 9.17) is 0 Å². The lowest BCUT2D eigenvalue weighted by Crippen LogP contribution is -2.19. The topological polar surface area (TPSA) is 76.3 Å². The fourth-order valence-corrected chi connectivity index (χ4v) is 4.37. The first kappa shape index (κ1) is 22.2. The van der Waals surface area contributed by atoms with Crippen LogP contribution in [-0.4, -0.2) is 31.4 Å². The van der Waals surface area contributed by atoms with Gasteiger partial charge in [0.25, 0.3) is 5.91 Å². The Bertz CT molecular complexity index is 1190. The van der Waals surface area contributed by atoms with Crippen molar-refractivity contribution in [2.75, 3.05) is 11.1 Å². The number of anilines is 1. The average molecular weight is 457 g/mol. The number of aromatic nitrogens is 2. The highest BCUT2D eigenvalue weighted by molar-refractivity contribution is 8.00. The van der Waals surface area contributed by atoms with Crippen molar-refractivity contribution in [1.29, 1.82) is 0 Å². The molecule has 2 aromatic carbocycles. The highest BCUT2D eigenvalue weighted by atomic mass is 32.2. The predicted molar refractivity (Wildman–Crippen MR) is 113 cm³/mol. The number of hydrogen-bond donors (Lipinski definition) is 2. The monoisotopic (exact) mass is 457 g/mol. The number of fused-ring (bicyclic) bond motifs is 1. The molecule has 3 rings (SSSR count). The summed E-state index contributed by atoms with van der Waals surface area (Å²) in [6.45, 7) is 1.91. The Balaban J connectivity index is 2.03. The number of rotatable bonds is 5. The van der Waals surface area contributed by atoms with E-state index in [0.29, 0.717) is 21.7 Å². The molecule has 0 fully saturated rings. The van der Waals surface area contributed by atoms with Crippen LogP contribution in [-0.2, 0) is 14.1 Å². The van der Waals surface area contributed by atoms with Crippen LogP contribution in [0.25, 0.3) is 11.0 Å². The number of nitrogens with zero attached hydrogens (tertiary/aromatic N) is 2. The van der Waals surface area contributed by atoms with Crippen molar-refractivity contribution in [3.63, 3.8) is 0 Å². The van der Waals surface area contributed by atoms with Crippen LogP contribution < -0.4 is 11.0 Å². The molecule has 0 aliphatic heterocycles. The molecule has 160 valence electrons. The highest BCUT2D eigenvalue weighted by Crippen LogP contribution is 2.39. The second-order valence-corrected chi connectivity index (χ2v) is 8.80. The smallest absolute Gasteiger partial charge is 0.446 e. The number of phenols is 1. The Labute approximate surface area is 178 Å². The number of phenolic OH excluding ortho intramolecular Hbond substituents is 1. The number of hydrogen-bond acceptors (Lipinski definition) is 5. The normalized spacial score (nSPS) is 11.8. The van der Waals surface area contributed by atoms with Crippen LogP contribution in [0.4, 0.5) is 18.9 Å². The van der Waals surface area contributed by atoms with Crippen LogP contribution in [0, 0.1) is 0 Å². The van der Waals surface area contributed by atoms with Gasteiger partial charge in [0, 0.05) is 23.9 Å². The van der Waals surface area contributed by atoms with Crippen molar-refractivity contribution in [3.05, 3.63) is 46.4 Å². The molecule has 6 nitrogen and oxygen atoms in total. The molecule has 30 heavy (non-hydrogen) atoms. The molecule has 0 atom stereocenters. The standard InChI is InChI=1S/C19H18F3N3O3S2/c1-4-29-16-9-14-13(24(2)18(28)25(14)3)8-11(16)17(27)23-12-7-10(5-6-15(12)26)30-19(20,21)22/h5-9,26H,4H2,1-3H3,(H,23,27). The van der Waals surface area contributed by atoms with Crippen molar-refractivity contribution in [1.82, 2.24) is 9.13 Å². The van der Waals surface area contributed by atoms with E-state index in [2.05, 4.69) is 5.32 Å². The molecular weight excluding hydrogens is 439 g/mol. The largest absolute Gasteiger partial charge is 0.506 e. The van der Waals surface area contributed by atoms with E-state index in [9.17, 15) is 27.9 Å². The summed E-state index contributed by atoms with van der Waals surface area (Å²) in [4.78, 5) is 25.6. The number of amides is 1. The van der Waals surface area contributed by atoms with Crippen molar-refractivity contribution in [2.45, 2.75) is 22.2 Å². The number of aryl methyl sites for hydroxylation is 2. The van der Waals surface area contributed by atoms with Crippen LogP contribution in [0.5, 0.6) is 5.75 Å². The molecule has 1 heterocycles. The molecule has 0 aliphatic rings. The van der Waals surface area contributed by atoms with Gasteiger partial charge in [-0.3, -0.25) is 13.9 Å². The molecule has 11 heteroatoms. The quantitative estimate of drug-likeness (QED) is 0.434. The molecule has 0 aliphatic carbocycles. The number of alkyl halides is 3. The number of benzene rings is 2. The zero-order chi connectivity index (χ0) is 22.2. The van der Waals surface area contributed by atoms with Crippen molar-refractivity contribution in [2.24, 2.45) is 14.1 Å². The van der Waals surface area contributed by atoms with Crippen LogP contribution in [0.2, 0.25) is 0 Å². The maximum atomic E-state index is 12.9. The molecule has 0 spiro atoms. The summed E-state index contributed by atoms with van der Waals surface area (Å²) < 4.78 is 40.8. The van der Waals surface area contributed by atoms with Crippen molar-refractivity contribution < 1.29 is 23.1 Å². The van der Waals surface area contributed by atoms with E-state index < -0.39 is 11.4 Å². The molecular formula is C19H18F3N3O3S2. The van der Waals surface area contributed by atoms with Crippen LogP contribution >= 0.6 is 23.5 Å². The summed E-state index contributed by atoms with van der Waals surface area (Å²) in [6.07, 6.45) is 0. The van der Waals surface area contributed by atoms with Gasteiger partial charge in [-0.1, -0.05) is 6.92 Å². The van der Waals surface area contributed by atoms with Gasteiger partial charge in [-0.15, -0.1) is 11.8 Å². The molecule has 3 aromatic rings. The molecule has 0 saturated carbocycles. The van der Waals surface area contributed by atoms with Gasteiger partial charge in [0.05, 0.1) is 22.3 Å². The van der Waals surface area contributed by atoms with Crippen LogP contribution in [0.3, 0.4) is 0 Å². The third-order valence-corrected chi connectivity index (χ3v) is 6.03. The maximum Gasteiger partial charge on any atom is 0.446 e. The SMILES string of the molecule is CCSc1cc2c(cc1C(=O)Nc1cc(SC(F)(F)F)ccc1O)n(C)c(=O)n2C. The lowest BCUT2D eigenvalue weighted by atomic mass is 10.1. The van der Waals surface area contributed by atoms with Gasteiger partial charge in [-0.25, -0.2) is 4.79 Å². The summed E-state index contributed by atoms with van der Waals surface area (Å²) in [7, 11) is 3.22. The number of carbonyl (C=O) groups excluding carboxylic acids is 1. The third-order valence-electron chi connectivity index (χ3n) is 4.37. The first-order valence-electron chi connectivity index (χ1n) is 8.74. The Hall–Kier alpha value is -2.53. The minimum absolute atomic E-state index is 0.135. The predicted octanol–water partition coefficient (Wildman–Crippen LogP) is 4.56. The van der Waals surface area contributed by atoms with Gasteiger partial charge in [-0.2, -0.15) is 13.2 Å². The molecule has 1 amide bonds. The number of imidazole rings is 1. The lowest BCUT2D eigenvalue weighted by Gasteiger charge is -2.13. The highest BCUT2D eigenvalue weighted by Gasteiger charge is 2.29. The summed E-state index contributed by atoms with van der Waals surface area (Å²) in [5.74, 6) is -0.295. The van der Waals surface area contributed by atoms with E-state index in [-0.39, 0.29) is 39.3 Å². The number of thioether (sulfide) groups is 2. The van der Waals surface area contributed by atoms with Crippen molar-refractivity contribution >= 4 is 46.2 Å². The number of aromatic hydroxyl groups is 1. The molecule has 0 bridgehead atoms. The van der Waals surface area contributed by atoms with E-state index in [1.54, 1.807) is 26.2 Å². The second-order valence-electron chi connectivity index (χ2n) is 6.35. The zero-order valence-corrected chi connectivity index (χ0v) is 17.8. The number of carbonyl (C=O) groups is 1. The number of nitrogens with one attached hydrogen (secondary N) is 1. The average Bonchev–Trinajstić information content (AvgIpc) is 2.87. The molecule has 0 radical (unpaired) electrons. The van der Waals surface area contributed by atoms with Gasteiger partial charge < -0.3 is 10.4 Å². The van der Waals surface area contributed by atoms with E-state index in [1.165, 1.54) is 20.9 Å². The fourth-order valence-electron chi connectivity index (χ4n) is 2.98. The maximum absolute atomic E-state index is 12.9. The van der Waals surface area contributed by atoms with Crippen LogP contribution in [0.1, 0.15) is 17.3 Å². The van der Waals surface area contributed by atoms with E-state index in [1.807, 2.05) is 6.92 Å². The zero-order valence-electron chi connectivity index (χ0n) is 16.2. The molecule has 0 saturated heterocycles. The number of halogens is 3. The van der Waals surface area contributed by atoms with Gasteiger partial charge in [0.15, 0.2) is 0 Å². The van der Waals surface area contributed by atoms with E-state index >= 15 is 0 Å². The molecule has 1 aromatic heterocycles. The lowest BCUT2D eigenvalue weighted by molar-refractivity contribution is -0.0328. The summed E-state index contributed by atoms with van der Waals surface area (Å²) in [5, 5.41) is 12.5. The summed E-state index contributed by atoms with van der Waals surface area (Å²) in [6, 6.07) is 6.57. The second kappa shape index (κ2) is 8.31. The Morgan fingerprint density at radius 3 is 2.37 bits per heavy atom. The van der Waals surface area contributed by atoms with Crippen molar-refractivity contribution in [3.8, 4) is 5.75 Å². The molecule has 2 N–H and O–H groups in total. The molecule has 0 unspecified atom stereocenters. The fraction of sp³-hybridized carbons (Fsp3) is 0.263. The van der Waals surface area contributed by atoms with Gasteiger partial charge in [0.2, 0.25) is 0 Å². The summed E-state index contributed by atoms with van der Waals surface area (Å²) >= 11 is 1.05. The Morgan fingerprint density at radius 1 is 1.13 bits per heavy atom. The Morgan fingerprint density at radius 2 is 1.77 bits per heavy atom. The minimum Gasteiger partial charge on any atom is -0.506 e. The Kier molecular flexibility index (Phi) is 6.14. The van der Waals surface area contributed by atoms with Gasteiger partial charge >= 0.3 is 11.2 Å². The van der Waals surface area contributed by atoms with Crippen LogP contribution in [0.15, 0.2) is 44.9 Å². The summed E-state index contributed by atoms with van der Waals surface area (Å²) in [5.41, 5.74) is -3.43. The van der Waals surface area contributed by atoms with Gasteiger partial charge in [0.1, 0.15) is 5.75 Å². The third kappa shape index (κ3) is 4.46. The van der Waals surface area contributed by atoms with Gasteiger partial charge in [-0.05, 0) is 47.8 Å². The minimum atomic E-state index is -4.49.